The predicted molar refractivity (Wildman–Crippen MR) is 74.3 cm³/mol. The van der Waals surface area contributed by atoms with E-state index in [0.29, 0.717) is 17.7 Å². The van der Waals surface area contributed by atoms with Gasteiger partial charge in [0.05, 0.1) is 29.8 Å². The van der Waals surface area contributed by atoms with Crippen molar-refractivity contribution in [3.8, 4) is 0 Å². The molecule has 0 saturated heterocycles. The van der Waals surface area contributed by atoms with Crippen molar-refractivity contribution in [2.24, 2.45) is 0 Å². The summed E-state index contributed by atoms with van der Waals surface area (Å²) in [6, 6.07) is 7.80. The van der Waals surface area contributed by atoms with E-state index in [1.165, 1.54) is 18.3 Å². The molecular weight excluding hydrogens is 279 g/mol. The van der Waals surface area contributed by atoms with Crippen molar-refractivity contribution < 1.29 is 4.39 Å². The lowest BCUT2D eigenvalue weighted by atomic mass is 10.3. The molecule has 98 valence electrons. The third-order valence-corrected chi connectivity index (χ3v) is 3.21. The quantitative estimate of drug-likeness (QED) is 0.671. The van der Waals surface area contributed by atoms with Gasteiger partial charge in [-0.2, -0.15) is 0 Å². The first-order valence-electron chi connectivity index (χ1n) is 5.81. The number of benzene rings is 1. The maximum Gasteiger partial charge on any atom is 0.205 e. The molecule has 0 amide bonds. The Morgan fingerprint density at radius 2 is 2.15 bits per heavy atom. The Hall–Kier alpha value is -2.45. The molecule has 2 heterocycles. The average Bonchev–Trinajstić information content (AvgIpc) is 2.75. The molecule has 0 bridgehead atoms. The second-order valence-electron chi connectivity index (χ2n) is 4.22. The van der Waals surface area contributed by atoms with Crippen molar-refractivity contribution in [2.45, 2.75) is 6.54 Å². The summed E-state index contributed by atoms with van der Waals surface area (Å²) in [4.78, 5) is 11.6. The molecule has 0 atom stereocenters. The summed E-state index contributed by atoms with van der Waals surface area (Å²) in [6.07, 6.45) is 1.51. The number of hydrogen-bond donors (Lipinski definition) is 0. The molecule has 4 nitrogen and oxygen atoms in total. The molecule has 2 aromatic heterocycles. The van der Waals surface area contributed by atoms with Crippen LogP contribution >= 0.6 is 11.6 Å². The van der Waals surface area contributed by atoms with Crippen molar-refractivity contribution >= 4 is 28.3 Å². The minimum absolute atomic E-state index is 0.279. The smallest absolute Gasteiger partial charge is 0.205 e. The molecule has 0 aliphatic rings. The summed E-state index contributed by atoms with van der Waals surface area (Å²) in [5.74, 6) is -0.349. The van der Waals surface area contributed by atoms with Crippen molar-refractivity contribution in [2.75, 3.05) is 0 Å². The number of hydrogen-bond acceptors (Lipinski definition) is 2. The average molecular weight is 287 g/mol. The van der Waals surface area contributed by atoms with E-state index in [-0.39, 0.29) is 11.1 Å². The standard InChI is InChI=1S/C14H8ClFN4/c1-17-10-3-4-11(18-7-10)8-20-13-5-2-9(16)6-12(13)19-14(20)15/h2-7H,8H2. The second-order valence-corrected chi connectivity index (χ2v) is 4.56. The molecule has 0 aliphatic heterocycles. The van der Waals surface area contributed by atoms with E-state index in [9.17, 15) is 4.39 Å². The van der Waals surface area contributed by atoms with Gasteiger partial charge in [-0.25, -0.2) is 14.2 Å². The Kier molecular flexibility index (Phi) is 3.09. The minimum atomic E-state index is -0.349. The summed E-state index contributed by atoms with van der Waals surface area (Å²) < 4.78 is 14.9. The summed E-state index contributed by atoms with van der Waals surface area (Å²) in [7, 11) is 0. The third-order valence-electron chi connectivity index (χ3n) is 2.92. The number of imidazole rings is 1. The lowest BCUT2D eigenvalue weighted by Gasteiger charge is -2.05. The number of halogens is 2. The molecule has 0 spiro atoms. The summed E-state index contributed by atoms with van der Waals surface area (Å²) in [5, 5.41) is 0.279. The fraction of sp³-hybridized carbons (Fsp3) is 0.0714. The number of aromatic nitrogens is 3. The largest absolute Gasteiger partial charge is 0.309 e. The van der Waals surface area contributed by atoms with E-state index in [2.05, 4.69) is 14.8 Å². The molecule has 6 heteroatoms. The molecule has 0 saturated carbocycles. The van der Waals surface area contributed by atoms with Gasteiger partial charge in [0.1, 0.15) is 5.82 Å². The highest BCUT2D eigenvalue weighted by Crippen LogP contribution is 2.22. The minimum Gasteiger partial charge on any atom is -0.309 e. The summed E-state index contributed by atoms with van der Waals surface area (Å²) >= 11 is 6.08. The first-order valence-corrected chi connectivity index (χ1v) is 6.19. The van der Waals surface area contributed by atoms with Gasteiger partial charge in [-0.15, -0.1) is 0 Å². The Labute approximate surface area is 119 Å². The van der Waals surface area contributed by atoms with Gasteiger partial charge < -0.3 is 4.57 Å². The van der Waals surface area contributed by atoms with E-state index in [4.69, 9.17) is 18.2 Å². The fourth-order valence-corrected chi connectivity index (χ4v) is 2.20. The summed E-state index contributed by atoms with van der Waals surface area (Å²) in [6.45, 7) is 7.30. The maximum absolute atomic E-state index is 13.2. The number of nitrogens with zero attached hydrogens (tertiary/aromatic N) is 4. The van der Waals surface area contributed by atoms with Crippen LogP contribution in [0, 0.1) is 12.4 Å². The van der Waals surface area contributed by atoms with Crippen LogP contribution in [-0.4, -0.2) is 14.5 Å². The zero-order valence-corrected chi connectivity index (χ0v) is 11.0. The number of fused-ring (bicyclic) bond motifs is 1. The van der Waals surface area contributed by atoms with Gasteiger partial charge in [-0.1, -0.05) is 6.07 Å². The predicted octanol–water partition coefficient (Wildman–Crippen LogP) is 3.82. The van der Waals surface area contributed by atoms with Crippen molar-refractivity contribution in [3.63, 3.8) is 0 Å². The van der Waals surface area contributed by atoms with Gasteiger partial charge in [0.15, 0.2) is 0 Å². The van der Waals surface area contributed by atoms with Crippen LogP contribution in [0.5, 0.6) is 0 Å². The van der Waals surface area contributed by atoms with Crippen molar-refractivity contribution in [1.29, 1.82) is 0 Å². The van der Waals surface area contributed by atoms with Crippen LogP contribution in [0.3, 0.4) is 0 Å². The molecule has 3 rings (SSSR count). The van der Waals surface area contributed by atoms with Crippen LogP contribution in [-0.2, 0) is 6.54 Å². The highest BCUT2D eigenvalue weighted by molar-refractivity contribution is 6.29. The molecular formula is C14H8ClFN4. The molecule has 0 aliphatic carbocycles. The monoisotopic (exact) mass is 286 g/mol. The zero-order valence-electron chi connectivity index (χ0n) is 10.2. The van der Waals surface area contributed by atoms with Crippen LogP contribution < -0.4 is 0 Å². The van der Waals surface area contributed by atoms with Crippen molar-refractivity contribution in [3.05, 3.63) is 64.7 Å². The van der Waals surface area contributed by atoms with Gasteiger partial charge in [0, 0.05) is 12.3 Å². The van der Waals surface area contributed by atoms with Gasteiger partial charge in [-0.3, -0.25) is 4.98 Å². The topological polar surface area (TPSA) is 35.1 Å². The highest BCUT2D eigenvalue weighted by atomic mass is 35.5. The van der Waals surface area contributed by atoms with Gasteiger partial charge >= 0.3 is 0 Å². The fourth-order valence-electron chi connectivity index (χ4n) is 1.96. The molecule has 1 aromatic carbocycles. The normalized spacial score (nSPS) is 10.7. The van der Waals surface area contributed by atoms with Crippen LogP contribution in [0.1, 0.15) is 5.69 Å². The third kappa shape index (κ3) is 2.22. The van der Waals surface area contributed by atoms with Gasteiger partial charge in [-0.05, 0) is 29.8 Å². The lowest BCUT2D eigenvalue weighted by molar-refractivity contribution is 0.629. The molecule has 0 unspecified atom stereocenters. The number of rotatable bonds is 2. The van der Waals surface area contributed by atoms with E-state index in [0.717, 1.165) is 11.2 Å². The van der Waals surface area contributed by atoms with E-state index in [1.807, 2.05) is 0 Å². The Morgan fingerprint density at radius 1 is 1.30 bits per heavy atom. The lowest BCUT2D eigenvalue weighted by Crippen LogP contribution is -2.01. The molecule has 0 fully saturated rings. The Bertz CT molecular complexity index is 818. The second kappa shape index (κ2) is 4.91. The molecule has 3 aromatic rings. The Balaban J connectivity index is 2.01. The maximum atomic E-state index is 13.2. The van der Waals surface area contributed by atoms with Crippen LogP contribution in [0.15, 0.2) is 36.5 Å². The zero-order chi connectivity index (χ0) is 14.1. The first-order chi connectivity index (χ1) is 9.67. The number of pyridine rings is 1. The SMILES string of the molecule is [C-]#[N+]c1ccc(Cn2c(Cl)nc3cc(F)ccc32)nc1. The van der Waals surface area contributed by atoms with Crippen LogP contribution in [0.4, 0.5) is 10.1 Å². The van der Waals surface area contributed by atoms with E-state index >= 15 is 0 Å². The van der Waals surface area contributed by atoms with Crippen LogP contribution in [0.25, 0.3) is 15.9 Å². The summed E-state index contributed by atoms with van der Waals surface area (Å²) in [5.41, 5.74) is 2.49. The molecule has 0 N–H and O–H groups in total. The van der Waals surface area contributed by atoms with Gasteiger partial charge in [0.2, 0.25) is 11.0 Å². The van der Waals surface area contributed by atoms with E-state index < -0.39 is 0 Å². The molecule has 0 radical (unpaired) electrons. The van der Waals surface area contributed by atoms with Crippen molar-refractivity contribution in [1.82, 2.24) is 14.5 Å². The molecule has 20 heavy (non-hydrogen) atoms. The van der Waals surface area contributed by atoms with E-state index in [1.54, 1.807) is 22.8 Å². The Morgan fingerprint density at radius 3 is 2.85 bits per heavy atom. The highest BCUT2D eigenvalue weighted by Gasteiger charge is 2.10. The van der Waals surface area contributed by atoms with Gasteiger partial charge in [0.25, 0.3) is 0 Å². The van der Waals surface area contributed by atoms with Crippen LogP contribution in [0.2, 0.25) is 5.28 Å². The first kappa shape index (κ1) is 12.6.